The number of fused-ring (bicyclic) bond motifs is 1. The van der Waals surface area contributed by atoms with E-state index in [1.54, 1.807) is 19.1 Å². The van der Waals surface area contributed by atoms with Crippen molar-refractivity contribution in [3.63, 3.8) is 0 Å². The van der Waals surface area contributed by atoms with Crippen LogP contribution < -0.4 is 10.6 Å². The highest BCUT2D eigenvalue weighted by molar-refractivity contribution is 7.00. The van der Waals surface area contributed by atoms with Crippen LogP contribution in [0.15, 0.2) is 12.1 Å². The average molecular weight is 315 g/mol. The Kier molecular flexibility index (Phi) is 4.35. The summed E-state index contributed by atoms with van der Waals surface area (Å²) < 4.78 is 8.09. The Bertz CT molecular complexity index is 660. The standard InChI is InChI=1S/C11H11ClN4O3S/c1-2-6(10(17)18)13-11(19)14-8-5(12)3-4-7-9(8)16-20-15-7/h3-4,6H,2H2,1H3,(H,17,18)(H2,13,14,19)/t6-/m1/s1. The van der Waals surface area contributed by atoms with Crippen LogP contribution in [0.1, 0.15) is 13.3 Å². The van der Waals surface area contributed by atoms with Gasteiger partial charge in [0.15, 0.2) is 0 Å². The second-order valence-electron chi connectivity index (χ2n) is 3.95. The summed E-state index contributed by atoms with van der Waals surface area (Å²) in [4.78, 5) is 22.7. The monoisotopic (exact) mass is 314 g/mol. The third-order valence-electron chi connectivity index (χ3n) is 2.63. The first-order valence-electron chi connectivity index (χ1n) is 5.74. The molecule has 1 aromatic carbocycles. The first-order valence-corrected chi connectivity index (χ1v) is 6.84. The highest BCUT2D eigenvalue weighted by Crippen LogP contribution is 2.29. The highest BCUT2D eigenvalue weighted by Gasteiger charge is 2.19. The number of hydrogen-bond acceptors (Lipinski definition) is 5. The Balaban J connectivity index is 2.19. The van der Waals surface area contributed by atoms with Gasteiger partial charge in [-0.3, -0.25) is 0 Å². The van der Waals surface area contributed by atoms with E-state index in [9.17, 15) is 9.59 Å². The predicted molar refractivity (Wildman–Crippen MR) is 76.3 cm³/mol. The van der Waals surface area contributed by atoms with Gasteiger partial charge in [0.1, 0.15) is 17.1 Å². The fourth-order valence-electron chi connectivity index (χ4n) is 1.59. The molecule has 2 rings (SSSR count). The molecule has 20 heavy (non-hydrogen) atoms. The molecule has 0 aliphatic carbocycles. The molecular formula is C11H11ClN4O3S. The maximum atomic E-state index is 11.8. The molecule has 3 N–H and O–H groups in total. The Morgan fingerprint density at radius 2 is 2.20 bits per heavy atom. The van der Waals surface area contributed by atoms with E-state index in [0.29, 0.717) is 21.7 Å². The van der Waals surface area contributed by atoms with E-state index in [2.05, 4.69) is 19.4 Å². The minimum atomic E-state index is -1.10. The smallest absolute Gasteiger partial charge is 0.326 e. The molecule has 2 amide bonds. The van der Waals surface area contributed by atoms with Gasteiger partial charge in [0.25, 0.3) is 0 Å². The summed E-state index contributed by atoms with van der Waals surface area (Å²) in [5.74, 6) is -1.10. The van der Waals surface area contributed by atoms with Gasteiger partial charge >= 0.3 is 12.0 Å². The number of rotatable bonds is 4. The van der Waals surface area contributed by atoms with Crippen LogP contribution in [-0.2, 0) is 4.79 Å². The third kappa shape index (κ3) is 2.97. The zero-order valence-corrected chi connectivity index (χ0v) is 12.0. The Labute approximate surface area is 123 Å². The predicted octanol–water partition coefficient (Wildman–Crippen LogP) is 2.33. The van der Waals surface area contributed by atoms with Crippen molar-refractivity contribution in [3.8, 4) is 0 Å². The molecule has 0 saturated heterocycles. The summed E-state index contributed by atoms with van der Waals surface area (Å²) in [6.45, 7) is 1.66. The number of halogens is 1. The van der Waals surface area contributed by atoms with Gasteiger partial charge in [-0.05, 0) is 18.6 Å². The van der Waals surface area contributed by atoms with E-state index >= 15 is 0 Å². The number of carboxylic acids is 1. The Morgan fingerprint density at radius 1 is 1.45 bits per heavy atom. The van der Waals surface area contributed by atoms with Crippen molar-refractivity contribution in [2.45, 2.75) is 19.4 Å². The molecule has 0 unspecified atom stereocenters. The molecule has 0 spiro atoms. The molecule has 0 bridgehead atoms. The lowest BCUT2D eigenvalue weighted by atomic mass is 10.2. The Hall–Kier alpha value is -1.93. The summed E-state index contributed by atoms with van der Waals surface area (Å²) in [5, 5.41) is 14.1. The van der Waals surface area contributed by atoms with Crippen LogP contribution in [0.4, 0.5) is 10.5 Å². The molecule has 0 fully saturated rings. The number of carbonyl (C=O) groups is 2. The van der Waals surface area contributed by atoms with Crippen molar-refractivity contribution < 1.29 is 14.7 Å². The summed E-state index contributed by atoms with van der Waals surface area (Å²) in [6.07, 6.45) is 0.277. The first kappa shape index (κ1) is 14.5. The van der Waals surface area contributed by atoms with Gasteiger partial charge in [0, 0.05) is 0 Å². The molecule has 9 heteroatoms. The summed E-state index contributed by atoms with van der Waals surface area (Å²) in [6, 6.07) is 1.68. The number of amides is 2. The number of carboxylic acid groups (broad SMARTS) is 1. The van der Waals surface area contributed by atoms with E-state index in [-0.39, 0.29) is 6.42 Å². The summed E-state index contributed by atoms with van der Waals surface area (Å²) in [5.41, 5.74) is 1.40. The third-order valence-corrected chi connectivity index (χ3v) is 3.48. The second kappa shape index (κ2) is 6.02. The number of carbonyl (C=O) groups excluding carboxylic acids is 1. The van der Waals surface area contributed by atoms with Crippen molar-refractivity contribution in [2.75, 3.05) is 5.32 Å². The van der Waals surface area contributed by atoms with E-state index in [1.165, 1.54) is 0 Å². The van der Waals surface area contributed by atoms with Crippen LogP contribution in [0.25, 0.3) is 11.0 Å². The van der Waals surface area contributed by atoms with Crippen LogP contribution in [-0.4, -0.2) is 31.9 Å². The molecule has 2 aromatic rings. The first-order chi connectivity index (χ1) is 9.52. The summed E-state index contributed by atoms with van der Waals surface area (Å²) >= 11 is 7.02. The van der Waals surface area contributed by atoms with Crippen molar-refractivity contribution in [3.05, 3.63) is 17.2 Å². The van der Waals surface area contributed by atoms with Crippen molar-refractivity contribution in [2.24, 2.45) is 0 Å². The maximum absolute atomic E-state index is 11.8. The number of benzene rings is 1. The normalized spacial score (nSPS) is 12.1. The zero-order chi connectivity index (χ0) is 14.7. The van der Waals surface area contributed by atoms with Crippen LogP contribution in [0, 0.1) is 0 Å². The number of hydrogen-bond donors (Lipinski definition) is 3. The van der Waals surface area contributed by atoms with Crippen LogP contribution in [0.2, 0.25) is 5.02 Å². The SMILES string of the molecule is CC[C@@H](NC(=O)Nc1c(Cl)ccc2nsnc12)C(=O)O. The highest BCUT2D eigenvalue weighted by atomic mass is 35.5. The number of anilines is 1. The van der Waals surface area contributed by atoms with Crippen molar-refractivity contribution in [1.29, 1.82) is 0 Å². The van der Waals surface area contributed by atoms with Crippen LogP contribution in [0.5, 0.6) is 0 Å². The molecular weight excluding hydrogens is 304 g/mol. The quantitative estimate of drug-likeness (QED) is 0.803. The minimum Gasteiger partial charge on any atom is -0.480 e. The molecule has 0 saturated carbocycles. The Morgan fingerprint density at radius 3 is 2.85 bits per heavy atom. The largest absolute Gasteiger partial charge is 0.480 e. The second-order valence-corrected chi connectivity index (χ2v) is 4.89. The van der Waals surface area contributed by atoms with E-state index in [1.807, 2.05) is 0 Å². The molecule has 1 atom stereocenters. The van der Waals surface area contributed by atoms with E-state index < -0.39 is 18.0 Å². The van der Waals surface area contributed by atoms with E-state index in [0.717, 1.165) is 11.7 Å². The molecule has 0 aliphatic heterocycles. The summed E-state index contributed by atoms with van der Waals surface area (Å²) in [7, 11) is 0. The van der Waals surface area contributed by atoms with Gasteiger partial charge in [-0.15, -0.1) is 0 Å². The zero-order valence-electron chi connectivity index (χ0n) is 10.4. The lowest BCUT2D eigenvalue weighted by Gasteiger charge is -2.13. The van der Waals surface area contributed by atoms with Gasteiger partial charge in [0.05, 0.1) is 22.4 Å². The number of nitrogens with zero attached hydrogens (tertiary/aromatic N) is 2. The van der Waals surface area contributed by atoms with Gasteiger partial charge in [-0.2, -0.15) is 8.75 Å². The van der Waals surface area contributed by atoms with Gasteiger partial charge < -0.3 is 15.7 Å². The number of nitrogens with one attached hydrogen (secondary N) is 2. The molecule has 0 aliphatic rings. The lowest BCUT2D eigenvalue weighted by molar-refractivity contribution is -0.139. The van der Waals surface area contributed by atoms with Gasteiger partial charge in [0.2, 0.25) is 0 Å². The molecule has 0 radical (unpaired) electrons. The van der Waals surface area contributed by atoms with E-state index in [4.69, 9.17) is 16.7 Å². The van der Waals surface area contributed by atoms with Crippen molar-refractivity contribution >= 4 is 52.1 Å². The van der Waals surface area contributed by atoms with Crippen LogP contribution in [0.3, 0.4) is 0 Å². The topological polar surface area (TPSA) is 104 Å². The fourth-order valence-corrected chi connectivity index (χ4v) is 2.33. The average Bonchev–Trinajstić information content (AvgIpc) is 2.87. The molecule has 7 nitrogen and oxygen atoms in total. The molecule has 1 heterocycles. The molecule has 1 aromatic heterocycles. The molecule has 106 valence electrons. The number of urea groups is 1. The maximum Gasteiger partial charge on any atom is 0.326 e. The number of aromatic nitrogens is 2. The fraction of sp³-hybridized carbons (Fsp3) is 0.273. The lowest BCUT2D eigenvalue weighted by Crippen LogP contribution is -2.42. The van der Waals surface area contributed by atoms with Crippen molar-refractivity contribution in [1.82, 2.24) is 14.1 Å². The van der Waals surface area contributed by atoms with Crippen LogP contribution >= 0.6 is 23.3 Å². The minimum absolute atomic E-state index is 0.277. The van der Waals surface area contributed by atoms with Gasteiger partial charge in [-0.1, -0.05) is 18.5 Å². The number of aliphatic carboxylic acids is 1. The van der Waals surface area contributed by atoms with Gasteiger partial charge in [-0.25, -0.2) is 9.59 Å².